The second-order valence-electron chi connectivity index (χ2n) is 5.63. The lowest BCUT2D eigenvalue weighted by Gasteiger charge is -2.40. The number of nitrogens with one attached hydrogen (secondary N) is 1. The van der Waals surface area contributed by atoms with Crippen LogP contribution in [0.25, 0.3) is 0 Å². The zero-order valence-electron chi connectivity index (χ0n) is 11.0. The van der Waals surface area contributed by atoms with E-state index in [0.717, 1.165) is 19.3 Å². The van der Waals surface area contributed by atoms with Crippen molar-refractivity contribution in [1.82, 2.24) is 10.2 Å². The van der Waals surface area contributed by atoms with Gasteiger partial charge in [0.15, 0.2) is 0 Å². The SMILES string of the molecule is CC1(C2CC2)NC(=O)CN(CCc2ccsc2)C1=O. The van der Waals surface area contributed by atoms with Gasteiger partial charge in [0.1, 0.15) is 5.54 Å². The molecule has 2 aliphatic rings. The quantitative estimate of drug-likeness (QED) is 0.905. The molecule has 0 radical (unpaired) electrons. The van der Waals surface area contributed by atoms with Gasteiger partial charge in [0.25, 0.3) is 0 Å². The molecule has 1 aliphatic heterocycles. The maximum absolute atomic E-state index is 12.5. The summed E-state index contributed by atoms with van der Waals surface area (Å²) in [5.41, 5.74) is 0.571. The molecule has 2 heterocycles. The van der Waals surface area contributed by atoms with Gasteiger partial charge in [-0.25, -0.2) is 0 Å². The molecule has 1 unspecified atom stereocenters. The number of carbonyl (C=O) groups excluding carboxylic acids is 2. The van der Waals surface area contributed by atoms with Gasteiger partial charge >= 0.3 is 0 Å². The average molecular weight is 278 g/mol. The predicted molar refractivity (Wildman–Crippen MR) is 73.9 cm³/mol. The molecule has 4 nitrogen and oxygen atoms in total. The lowest BCUT2D eigenvalue weighted by molar-refractivity contribution is -0.150. The number of hydrogen-bond acceptors (Lipinski definition) is 3. The molecule has 2 fully saturated rings. The standard InChI is InChI=1S/C14H18N2O2S/c1-14(11-2-3-11)13(18)16(8-12(17)15-14)6-4-10-5-7-19-9-10/h5,7,9,11H,2-4,6,8H2,1H3,(H,15,17). The molecular formula is C14H18N2O2S. The third-order valence-corrected chi connectivity index (χ3v) is 4.84. The molecule has 2 amide bonds. The van der Waals surface area contributed by atoms with Crippen LogP contribution in [-0.4, -0.2) is 35.3 Å². The molecule has 1 saturated carbocycles. The summed E-state index contributed by atoms with van der Waals surface area (Å²) in [6.07, 6.45) is 2.91. The van der Waals surface area contributed by atoms with Crippen LogP contribution in [-0.2, 0) is 16.0 Å². The molecule has 3 rings (SSSR count). The highest BCUT2D eigenvalue weighted by Crippen LogP contribution is 2.41. The summed E-state index contributed by atoms with van der Waals surface area (Å²) < 4.78 is 0. The molecule has 1 N–H and O–H groups in total. The third kappa shape index (κ3) is 2.39. The Morgan fingerprint density at radius 1 is 1.47 bits per heavy atom. The normalized spacial score (nSPS) is 27.5. The van der Waals surface area contributed by atoms with E-state index < -0.39 is 5.54 Å². The topological polar surface area (TPSA) is 49.4 Å². The number of hydrogen-bond donors (Lipinski definition) is 1. The van der Waals surface area contributed by atoms with Crippen LogP contribution in [0, 0.1) is 5.92 Å². The molecule has 1 aliphatic carbocycles. The summed E-state index contributed by atoms with van der Waals surface area (Å²) in [5, 5.41) is 7.03. The van der Waals surface area contributed by atoms with E-state index in [1.165, 1.54) is 5.56 Å². The predicted octanol–water partition coefficient (Wildman–Crippen LogP) is 1.42. The molecule has 0 aromatic carbocycles. The second-order valence-corrected chi connectivity index (χ2v) is 6.41. The maximum Gasteiger partial charge on any atom is 0.248 e. The van der Waals surface area contributed by atoms with Crippen molar-refractivity contribution in [3.05, 3.63) is 22.4 Å². The van der Waals surface area contributed by atoms with Crippen molar-refractivity contribution < 1.29 is 9.59 Å². The zero-order valence-corrected chi connectivity index (χ0v) is 11.8. The average Bonchev–Trinajstić information content (AvgIpc) is 3.11. The first-order valence-corrected chi connectivity index (χ1v) is 7.65. The number of thiophene rings is 1. The highest BCUT2D eigenvalue weighted by Gasteiger charge is 2.52. The molecule has 19 heavy (non-hydrogen) atoms. The van der Waals surface area contributed by atoms with Crippen LogP contribution in [0.3, 0.4) is 0 Å². The van der Waals surface area contributed by atoms with Gasteiger partial charge in [-0.3, -0.25) is 9.59 Å². The summed E-state index contributed by atoms with van der Waals surface area (Å²) in [5.74, 6) is 0.386. The van der Waals surface area contributed by atoms with Gasteiger partial charge in [-0.05, 0) is 54.5 Å². The summed E-state index contributed by atoms with van der Waals surface area (Å²) in [6, 6.07) is 2.07. The van der Waals surface area contributed by atoms with Crippen LogP contribution in [0.1, 0.15) is 25.3 Å². The number of nitrogens with zero attached hydrogens (tertiary/aromatic N) is 1. The van der Waals surface area contributed by atoms with Crippen LogP contribution in [0.2, 0.25) is 0 Å². The fourth-order valence-electron chi connectivity index (χ4n) is 2.77. The maximum atomic E-state index is 12.5. The van der Waals surface area contributed by atoms with Gasteiger partial charge in [-0.2, -0.15) is 11.3 Å². The van der Waals surface area contributed by atoms with Crippen LogP contribution in [0.4, 0.5) is 0 Å². The Morgan fingerprint density at radius 3 is 2.89 bits per heavy atom. The van der Waals surface area contributed by atoms with Crippen LogP contribution >= 0.6 is 11.3 Å². The third-order valence-electron chi connectivity index (χ3n) is 4.11. The van der Waals surface area contributed by atoms with E-state index in [-0.39, 0.29) is 18.4 Å². The Balaban J connectivity index is 1.69. The van der Waals surface area contributed by atoms with Gasteiger partial charge in [-0.15, -0.1) is 0 Å². The van der Waals surface area contributed by atoms with E-state index in [4.69, 9.17) is 0 Å². The minimum Gasteiger partial charge on any atom is -0.340 e. The Morgan fingerprint density at radius 2 is 2.26 bits per heavy atom. The molecule has 0 bridgehead atoms. The molecular weight excluding hydrogens is 260 g/mol. The Labute approximate surface area is 116 Å². The van der Waals surface area contributed by atoms with Gasteiger partial charge in [-0.1, -0.05) is 0 Å². The molecule has 102 valence electrons. The fraction of sp³-hybridized carbons (Fsp3) is 0.571. The Kier molecular flexibility index (Phi) is 3.09. The monoisotopic (exact) mass is 278 g/mol. The largest absolute Gasteiger partial charge is 0.340 e. The van der Waals surface area contributed by atoms with Crippen molar-refractivity contribution >= 4 is 23.2 Å². The van der Waals surface area contributed by atoms with Gasteiger partial charge < -0.3 is 10.2 Å². The van der Waals surface area contributed by atoms with E-state index >= 15 is 0 Å². The molecule has 1 aromatic rings. The summed E-state index contributed by atoms with van der Waals surface area (Å²) in [4.78, 5) is 26.1. The van der Waals surface area contributed by atoms with Crippen LogP contribution in [0.15, 0.2) is 16.8 Å². The lowest BCUT2D eigenvalue weighted by Crippen LogP contribution is -2.66. The minimum absolute atomic E-state index is 0.0284. The Bertz CT molecular complexity index is 496. The summed E-state index contributed by atoms with van der Waals surface area (Å²) >= 11 is 1.66. The van der Waals surface area contributed by atoms with Crippen LogP contribution < -0.4 is 5.32 Å². The molecule has 1 saturated heterocycles. The highest BCUT2D eigenvalue weighted by atomic mass is 32.1. The van der Waals surface area contributed by atoms with Crippen molar-refractivity contribution in [3.63, 3.8) is 0 Å². The smallest absolute Gasteiger partial charge is 0.248 e. The van der Waals surface area contributed by atoms with Crippen molar-refractivity contribution in [2.24, 2.45) is 5.92 Å². The first kappa shape index (κ1) is 12.7. The highest BCUT2D eigenvalue weighted by molar-refractivity contribution is 7.07. The van der Waals surface area contributed by atoms with Crippen molar-refractivity contribution in [2.45, 2.75) is 31.7 Å². The Hall–Kier alpha value is -1.36. The first-order valence-electron chi connectivity index (χ1n) is 6.71. The summed E-state index contributed by atoms with van der Waals surface area (Å²) in [6.45, 7) is 2.71. The number of rotatable bonds is 4. The zero-order chi connectivity index (χ0) is 13.5. The molecule has 5 heteroatoms. The van der Waals surface area contributed by atoms with E-state index in [2.05, 4.69) is 16.8 Å². The van der Waals surface area contributed by atoms with Gasteiger partial charge in [0.05, 0.1) is 6.54 Å². The number of carbonyl (C=O) groups is 2. The van der Waals surface area contributed by atoms with Gasteiger partial charge in [0.2, 0.25) is 11.8 Å². The van der Waals surface area contributed by atoms with E-state index in [9.17, 15) is 9.59 Å². The first-order chi connectivity index (χ1) is 9.09. The molecule has 1 aromatic heterocycles. The number of amides is 2. The van der Waals surface area contributed by atoms with E-state index in [0.29, 0.717) is 12.5 Å². The van der Waals surface area contributed by atoms with Crippen molar-refractivity contribution in [1.29, 1.82) is 0 Å². The fourth-order valence-corrected chi connectivity index (χ4v) is 3.48. The van der Waals surface area contributed by atoms with Gasteiger partial charge in [0, 0.05) is 6.54 Å². The lowest BCUT2D eigenvalue weighted by atomic mass is 9.91. The summed E-state index contributed by atoms with van der Waals surface area (Å²) in [7, 11) is 0. The minimum atomic E-state index is -0.663. The van der Waals surface area contributed by atoms with Crippen molar-refractivity contribution in [3.8, 4) is 0 Å². The molecule has 1 atom stereocenters. The number of piperazine rings is 1. The molecule has 0 spiro atoms. The van der Waals surface area contributed by atoms with Crippen LogP contribution in [0.5, 0.6) is 0 Å². The van der Waals surface area contributed by atoms with E-state index in [1.54, 1.807) is 16.2 Å². The van der Waals surface area contributed by atoms with E-state index in [1.807, 2.05) is 12.3 Å². The second kappa shape index (κ2) is 4.63. The van der Waals surface area contributed by atoms with Crippen molar-refractivity contribution in [2.75, 3.05) is 13.1 Å².